The van der Waals surface area contributed by atoms with E-state index in [0.717, 1.165) is 28.2 Å². The first-order chi connectivity index (χ1) is 11.5. The van der Waals surface area contributed by atoms with Crippen molar-refractivity contribution in [2.45, 2.75) is 39.5 Å². The van der Waals surface area contributed by atoms with Crippen LogP contribution in [0.1, 0.15) is 51.6 Å². The molecular weight excluding hydrogens is 300 g/mol. The Hall–Kier alpha value is -2.69. The van der Waals surface area contributed by atoms with Gasteiger partial charge in [0.25, 0.3) is 5.91 Å². The Labute approximate surface area is 140 Å². The zero-order valence-electron chi connectivity index (χ0n) is 14.1. The molecule has 3 aromatic rings. The van der Waals surface area contributed by atoms with Gasteiger partial charge in [-0.3, -0.25) is 4.79 Å². The van der Waals surface area contributed by atoms with Crippen LogP contribution in [0, 0.1) is 20.8 Å². The summed E-state index contributed by atoms with van der Waals surface area (Å²) < 4.78 is 1.71. The fourth-order valence-corrected chi connectivity index (χ4v) is 3.15. The second-order valence-corrected chi connectivity index (χ2v) is 6.69. The number of rotatable bonds is 3. The number of hydrogen-bond donors (Lipinski definition) is 1. The van der Waals surface area contributed by atoms with Crippen molar-refractivity contribution in [3.63, 3.8) is 0 Å². The molecule has 1 N–H and O–H groups in total. The van der Waals surface area contributed by atoms with E-state index in [1.165, 1.54) is 18.4 Å². The van der Waals surface area contributed by atoms with Crippen molar-refractivity contribution in [1.29, 1.82) is 0 Å². The molecule has 24 heavy (non-hydrogen) atoms. The van der Waals surface area contributed by atoms with Crippen molar-refractivity contribution in [2.75, 3.05) is 5.32 Å². The number of benzene rings is 1. The van der Waals surface area contributed by atoms with Gasteiger partial charge in [0, 0.05) is 11.6 Å². The highest BCUT2D eigenvalue weighted by Crippen LogP contribution is 2.39. The lowest BCUT2D eigenvalue weighted by molar-refractivity contribution is 0.102. The van der Waals surface area contributed by atoms with Crippen LogP contribution < -0.4 is 5.32 Å². The molecule has 0 atom stereocenters. The van der Waals surface area contributed by atoms with Crippen LogP contribution in [-0.4, -0.2) is 20.5 Å². The summed E-state index contributed by atoms with van der Waals surface area (Å²) in [6, 6.07) is 7.71. The molecule has 5 heteroatoms. The smallest absolute Gasteiger partial charge is 0.276 e. The highest BCUT2D eigenvalue weighted by Gasteiger charge is 2.26. The van der Waals surface area contributed by atoms with E-state index in [4.69, 9.17) is 0 Å². The van der Waals surface area contributed by atoms with Crippen LogP contribution in [0.4, 0.5) is 5.69 Å². The molecule has 5 nitrogen and oxygen atoms in total. The van der Waals surface area contributed by atoms with Crippen LogP contribution in [0.3, 0.4) is 0 Å². The minimum atomic E-state index is -0.200. The second-order valence-electron chi connectivity index (χ2n) is 6.69. The molecule has 1 aromatic carbocycles. The lowest BCUT2D eigenvalue weighted by Gasteiger charge is -2.12. The van der Waals surface area contributed by atoms with Crippen molar-refractivity contribution < 1.29 is 4.79 Å². The maximum atomic E-state index is 12.6. The average Bonchev–Trinajstić information content (AvgIpc) is 3.29. The number of imidazole rings is 1. The summed E-state index contributed by atoms with van der Waals surface area (Å²) in [4.78, 5) is 17.2. The number of fused-ring (bicyclic) bond motifs is 1. The number of anilines is 1. The Balaban J connectivity index is 1.63. The Morgan fingerprint density at radius 2 is 1.88 bits per heavy atom. The summed E-state index contributed by atoms with van der Waals surface area (Å²) >= 11 is 0. The number of nitrogens with zero attached hydrogens (tertiary/aromatic N) is 3. The van der Waals surface area contributed by atoms with E-state index in [-0.39, 0.29) is 5.91 Å². The first kappa shape index (κ1) is 14.9. The third-order valence-electron chi connectivity index (χ3n) is 4.48. The van der Waals surface area contributed by atoms with Crippen LogP contribution in [0.2, 0.25) is 0 Å². The van der Waals surface area contributed by atoms with Crippen LogP contribution >= 0.6 is 0 Å². The van der Waals surface area contributed by atoms with Gasteiger partial charge in [0.1, 0.15) is 5.69 Å². The zero-order chi connectivity index (χ0) is 16.8. The molecule has 0 spiro atoms. The third kappa shape index (κ3) is 2.66. The molecule has 0 unspecified atom stereocenters. The largest absolute Gasteiger partial charge is 0.320 e. The van der Waals surface area contributed by atoms with Gasteiger partial charge in [-0.25, -0.2) is 9.50 Å². The minimum Gasteiger partial charge on any atom is -0.320 e. The Bertz CT molecular complexity index is 930. The number of aromatic nitrogens is 3. The molecule has 1 fully saturated rings. The normalized spacial score (nSPS) is 14.1. The van der Waals surface area contributed by atoms with Crippen molar-refractivity contribution in [3.8, 4) is 0 Å². The maximum Gasteiger partial charge on any atom is 0.276 e. The van der Waals surface area contributed by atoms with Gasteiger partial charge in [0.05, 0.1) is 11.9 Å². The summed E-state index contributed by atoms with van der Waals surface area (Å²) in [5.41, 5.74) is 6.41. The fraction of sp³-hybridized carbons (Fsp3) is 0.316. The highest BCUT2D eigenvalue weighted by molar-refractivity contribution is 6.03. The SMILES string of the molecule is Cc1cc(C)c(NC(=O)c2ccc3nc(C4CC4)cn3n2)c(C)c1. The number of hydrogen-bond acceptors (Lipinski definition) is 3. The van der Waals surface area contributed by atoms with Crippen LogP contribution in [0.5, 0.6) is 0 Å². The van der Waals surface area contributed by atoms with Gasteiger partial charge in [0.2, 0.25) is 0 Å². The van der Waals surface area contributed by atoms with Gasteiger partial charge >= 0.3 is 0 Å². The van der Waals surface area contributed by atoms with Crippen molar-refractivity contribution in [2.24, 2.45) is 0 Å². The van der Waals surface area contributed by atoms with Gasteiger partial charge in [-0.2, -0.15) is 5.10 Å². The monoisotopic (exact) mass is 320 g/mol. The topological polar surface area (TPSA) is 59.3 Å². The molecule has 0 radical (unpaired) electrons. The van der Waals surface area contributed by atoms with E-state index in [2.05, 4.69) is 34.5 Å². The molecule has 122 valence electrons. The first-order valence-corrected chi connectivity index (χ1v) is 8.27. The summed E-state index contributed by atoms with van der Waals surface area (Å²) in [5.74, 6) is 0.371. The van der Waals surface area contributed by atoms with E-state index in [1.54, 1.807) is 10.6 Å². The summed E-state index contributed by atoms with van der Waals surface area (Å²) in [6.07, 6.45) is 4.33. The molecule has 1 amide bonds. The highest BCUT2D eigenvalue weighted by atomic mass is 16.1. The molecule has 4 rings (SSSR count). The van der Waals surface area contributed by atoms with Crippen molar-refractivity contribution >= 4 is 17.2 Å². The van der Waals surface area contributed by atoms with E-state index in [1.807, 2.05) is 26.1 Å². The van der Waals surface area contributed by atoms with Crippen LogP contribution in [0.25, 0.3) is 5.65 Å². The first-order valence-electron chi connectivity index (χ1n) is 8.27. The number of amides is 1. The third-order valence-corrected chi connectivity index (χ3v) is 4.48. The fourth-order valence-electron chi connectivity index (χ4n) is 3.15. The van der Waals surface area contributed by atoms with Gasteiger partial charge in [-0.1, -0.05) is 17.7 Å². The van der Waals surface area contributed by atoms with Crippen molar-refractivity contribution in [1.82, 2.24) is 14.6 Å². The molecule has 2 heterocycles. The average molecular weight is 320 g/mol. The Morgan fingerprint density at radius 3 is 2.54 bits per heavy atom. The van der Waals surface area contributed by atoms with E-state index in [0.29, 0.717) is 11.6 Å². The number of carbonyl (C=O) groups is 1. The lowest BCUT2D eigenvalue weighted by atomic mass is 10.1. The van der Waals surface area contributed by atoms with Crippen molar-refractivity contribution in [3.05, 3.63) is 58.5 Å². The number of carbonyl (C=O) groups excluding carboxylic acids is 1. The van der Waals surface area contributed by atoms with Gasteiger partial charge in [0.15, 0.2) is 5.65 Å². The summed E-state index contributed by atoms with van der Waals surface area (Å²) in [5, 5.41) is 7.41. The molecule has 1 saturated carbocycles. The zero-order valence-corrected chi connectivity index (χ0v) is 14.1. The van der Waals surface area contributed by atoms with Gasteiger partial charge < -0.3 is 5.32 Å². The van der Waals surface area contributed by atoms with Crippen LogP contribution in [0.15, 0.2) is 30.5 Å². The molecular formula is C19H20N4O. The lowest BCUT2D eigenvalue weighted by Crippen LogP contribution is -2.16. The van der Waals surface area contributed by atoms with E-state index < -0.39 is 0 Å². The van der Waals surface area contributed by atoms with E-state index >= 15 is 0 Å². The van der Waals surface area contributed by atoms with Gasteiger partial charge in [-0.15, -0.1) is 0 Å². The quantitative estimate of drug-likeness (QED) is 0.799. The second kappa shape index (κ2) is 5.44. The maximum absolute atomic E-state index is 12.6. The minimum absolute atomic E-state index is 0.200. The number of nitrogens with one attached hydrogen (secondary N) is 1. The molecule has 0 aliphatic heterocycles. The predicted molar refractivity (Wildman–Crippen MR) is 93.6 cm³/mol. The van der Waals surface area contributed by atoms with Gasteiger partial charge in [-0.05, 0) is 56.9 Å². The molecule has 0 bridgehead atoms. The summed E-state index contributed by atoms with van der Waals surface area (Å²) in [6.45, 7) is 6.06. The molecule has 1 aliphatic rings. The molecule has 1 aliphatic carbocycles. The standard InChI is InChI=1S/C19H20N4O/c1-11-8-12(2)18(13(3)9-11)21-19(24)15-6-7-17-20-16(14-4-5-14)10-23(17)22-15/h6-10,14H,4-5H2,1-3H3,(H,21,24). The Kier molecular flexibility index (Phi) is 3.37. The number of aryl methyl sites for hydroxylation is 3. The predicted octanol–water partition coefficient (Wildman–Crippen LogP) is 3.78. The van der Waals surface area contributed by atoms with E-state index in [9.17, 15) is 4.79 Å². The Morgan fingerprint density at radius 1 is 1.17 bits per heavy atom. The van der Waals surface area contributed by atoms with Crippen LogP contribution in [-0.2, 0) is 0 Å². The molecule has 2 aromatic heterocycles. The molecule has 0 saturated heterocycles. The summed E-state index contributed by atoms with van der Waals surface area (Å²) in [7, 11) is 0.